The highest BCUT2D eigenvalue weighted by Crippen LogP contribution is 2.21. The number of pyridine rings is 1. The average Bonchev–Trinajstić information content (AvgIpc) is 2.48. The monoisotopic (exact) mass is 348 g/mol. The number of nitrogens with two attached hydrogens (primary N) is 1. The van der Waals surface area contributed by atoms with Crippen LogP contribution in [0.1, 0.15) is 16.8 Å². The molecule has 3 N–H and O–H groups in total. The molecule has 1 aromatic carbocycles. The maximum absolute atomic E-state index is 8.80. The van der Waals surface area contributed by atoms with Crippen molar-refractivity contribution in [2.24, 2.45) is 10.9 Å². The second-order valence-corrected chi connectivity index (χ2v) is 5.64. The van der Waals surface area contributed by atoms with Gasteiger partial charge in [0.05, 0.1) is 0 Å². The quantitative estimate of drug-likeness (QED) is 0.385. The first kappa shape index (κ1) is 15.3. The van der Waals surface area contributed by atoms with Crippen LogP contribution < -0.4 is 10.6 Å². The van der Waals surface area contributed by atoms with Gasteiger partial charge in [0, 0.05) is 29.3 Å². The number of aryl methyl sites for hydroxylation is 1. The SMILES string of the molecule is Cc1cc(/C(N)=N/O)cc(N(C)Cc2ccccc2Br)n1. The third kappa shape index (κ3) is 3.72. The summed E-state index contributed by atoms with van der Waals surface area (Å²) in [5.74, 6) is 0.850. The summed E-state index contributed by atoms with van der Waals surface area (Å²) in [7, 11) is 1.96. The minimum Gasteiger partial charge on any atom is -0.409 e. The number of halogens is 1. The molecule has 5 nitrogen and oxygen atoms in total. The highest BCUT2D eigenvalue weighted by Gasteiger charge is 2.10. The van der Waals surface area contributed by atoms with Gasteiger partial charge in [-0.1, -0.05) is 39.3 Å². The van der Waals surface area contributed by atoms with E-state index in [1.165, 1.54) is 0 Å². The van der Waals surface area contributed by atoms with Crippen molar-refractivity contribution in [3.63, 3.8) is 0 Å². The highest BCUT2D eigenvalue weighted by atomic mass is 79.9. The van der Waals surface area contributed by atoms with Crippen LogP contribution in [-0.2, 0) is 6.54 Å². The lowest BCUT2D eigenvalue weighted by atomic mass is 10.2. The molecule has 2 aromatic rings. The zero-order valence-corrected chi connectivity index (χ0v) is 13.5. The van der Waals surface area contributed by atoms with Crippen molar-refractivity contribution in [3.8, 4) is 0 Å². The van der Waals surface area contributed by atoms with Gasteiger partial charge in [-0.25, -0.2) is 4.98 Å². The smallest absolute Gasteiger partial charge is 0.170 e. The minimum atomic E-state index is 0.0797. The van der Waals surface area contributed by atoms with Crippen molar-refractivity contribution in [2.75, 3.05) is 11.9 Å². The molecular formula is C15H17BrN4O. The molecule has 0 aliphatic rings. The van der Waals surface area contributed by atoms with Crippen molar-refractivity contribution >= 4 is 27.6 Å². The molecule has 0 aliphatic heterocycles. The lowest BCUT2D eigenvalue weighted by Gasteiger charge is -2.20. The van der Waals surface area contributed by atoms with E-state index in [1.807, 2.05) is 37.1 Å². The van der Waals surface area contributed by atoms with Crippen LogP contribution in [0.5, 0.6) is 0 Å². The number of hydrogen-bond donors (Lipinski definition) is 2. The molecule has 1 aromatic heterocycles. The molecule has 0 atom stereocenters. The van der Waals surface area contributed by atoms with Crippen LogP contribution >= 0.6 is 15.9 Å². The van der Waals surface area contributed by atoms with Crippen LogP contribution in [0.4, 0.5) is 5.82 Å². The first-order valence-corrected chi connectivity index (χ1v) is 7.21. The highest BCUT2D eigenvalue weighted by molar-refractivity contribution is 9.10. The van der Waals surface area contributed by atoms with Crippen molar-refractivity contribution in [1.29, 1.82) is 0 Å². The molecule has 6 heteroatoms. The van der Waals surface area contributed by atoms with E-state index in [0.717, 1.165) is 21.5 Å². The Hall–Kier alpha value is -2.08. The first-order valence-electron chi connectivity index (χ1n) is 6.42. The van der Waals surface area contributed by atoms with Crippen LogP contribution in [0.3, 0.4) is 0 Å². The van der Waals surface area contributed by atoms with Gasteiger partial charge < -0.3 is 15.8 Å². The largest absolute Gasteiger partial charge is 0.409 e. The molecule has 1 heterocycles. The summed E-state index contributed by atoms with van der Waals surface area (Å²) in [4.78, 5) is 6.51. The Labute approximate surface area is 132 Å². The van der Waals surface area contributed by atoms with Crippen LogP contribution in [0.25, 0.3) is 0 Å². The van der Waals surface area contributed by atoms with Gasteiger partial charge in [0.25, 0.3) is 0 Å². The lowest BCUT2D eigenvalue weighted by Crippen LogP contribution is -2.20. The topological polar surface area (TPSA) is 74.7 Å². The van der Waals surface area contributed by atoms with Gasteiger partial charge in [0.15, 0.2) is 5.84 Å². The van der Waals surface area contributed by atoms with E-state index in [2.05, 4.69) is 32.1 Å². The van der Waals surface area contributed by atoms with E-state index >= 15 is 0 Å². The zero-order valence-electron chi connectivity index (χ0n) is 11.9. The van der Waals surface area contributed by atoms with Crippen LogP contribution in [0.15, 0.2) is 46.0 Å². The van der Waals surface area contributed by atoms with Crippen molar-refractivity contribution < 1.29 is 5.21 Å². The molecule has 0 saturated carbocycles. The molecule has 2 rings (SSSR count). The summed E-state index contributed by atoms with van der Waals surface area (Å²) < 4.78 is 1.06. The second-order valence-electron chi connectivity index (χ2n) is 4.79. The number of nitrogens with zero attached hydrogens (tertiary/aromatic N) is 3. The van der Waals surface area contributed by atoms with Gasteiger partial charge in [-0.3, -0.25) is 0 Å². The number of hydrogen-bond acceptors (Lipinski definition) is 4. The third-order valence-electron chi connectivity index (χ3n) is 3.10. The van der Waals surface area contributed by atoms with Crippen LogP contribution in [-0.4, -0.2) is 23.1 Å². The van der Waals surface area contributed by atoms with E-state index in [9.17, 15) is 0 Å². The summed E-state index contributed by atoms with van der Waals surface area (Å²) in [6.45, 7) is 2.58. The summed E-state index contributed by atoms with van der Waals surface area (Å²) >= 11 is 3.54. The van der Waals surface area contributed by atoms with Gasteiger partial charge in [0.1, 0.15) is 5.82 Å². The molecule has 0 amide bonds. The fraction of sp³-hybridized carbons (Fsp3) is 0.200. The Morgan fingerprint density at radius 3 is 2.76 bits per heavy atom. The Morgan fingerprint density at radius 2 is 2.10 bits per heavy atom. The summed E-state index contributed by atoms with van der Waals surface area (Å²) in [6, 6.07) is 11.6. The van der Waals surface area contributed by atoms with Crippen LogP contribution in [0.2, 0.25) is 0 Å². The van der Waals surface area contributed by atoms with E-state index < -0.39 is 0 Å². The average molecular weight is 349 g/mol. The number of aromatic nitrogens is 1. The van der Waals surface area contributed by atoms with Crippen molar-refractivity contribution in [3.05, 3.63) is 57.7 Å². The molecule has 0 unspecified atom stereocenters. The molecule has 0 fully saturated rings. The number of oxime groups is 1. The Morgan fingerprint density at radius 1 is 1.38 bits per heavy atom. The minimum absolute atomic E-state index is 0.0797. The lowest BCUT2D eigenvalue weighted by molar-refractivity contribution is 0.318. The Kier molecular flexibility index (Phi) is 4.80. The normalized spacial score (nSPS) is 11.5. The van der Waals surface area contributed by atoms with Gasteiger partial charge in [0.2, 0.25) is 0 Å². The van der Waals surface area contributed by atoms with E-state index in [1.54, 1.807) is 12.1 Å². The fourth-order valence-corrected chi connectivity index (χ4v) is 2.43. The molecule has 0 saturated heterocycles. The van der Waals surface area contributed by atoms with Crippen molar-refractivity contribution in [2.45, 2.75) is 13.5 Å². The Bertz CT molecular complexity index is 672. The summed E-state index contributed by atoms with van der Waals surface area (Å²) in [5.41, 5.74) is 8.28. The van der Waals surface area contributed by atoms with E-state index in [-0.39, 0.29) is 5.84 Å². The molecule has 110 valence electrons. The van der Waals surface area contributed by atoms with E-state index in [4.69, 9.17) is 10.9 Å². The predicted molar refractivity (Wildman–Crippen MR) is 87.7 cm³/mol. The third-order valence-corrected chi connectivity index (χ3v) is 3.87. The summed E-state index contributed by atoms with van der Waals surface area (Å²) in [5, 5.41) is 11.8. The van der Waals surface area contributed by atoms with Gasteiger partial charge in [-0.05, 0) is 30.7 Å². The number of benzene rings is 1. The second kappa shape index (κ2) is 6.58. The molecule has 0 spiro atoms. The standard InChI is InChI=1S/C15H17BrN4O/c1-10-7-12(15(17)19-21)8-14(18-10)20(2)9-11-5-3-4-6-13(11)16/h3-8,21H,9H2,1-2H3,(H2,17,19). The molecule has 21 heavy (non-hydrogen) atoms. The zero-order chi connectivity index (χ0) is 15.4. The molecule has 0 radical (unpaired) electrons. The molecule has 0 bridgehead atoms. The van der Waals surface area contributed by atoms with Gasteiger partial charge in [-0.15, -0.1) is 0 Å². The van der Waals surface area contributed by atoms with Gasteiger partial charge in [-0.2, -0.15) is 0 Å². The number of rotatable bonds is 4. The first-order chi connectivity index (χ1) is 10.0. The van der Waals surface area contributed by atoms with Crippen LogP contribution in [0, 0.1) is 6.92 Å². The summed E-state index contributed by atoms with van der Waals surface area (Å²) in [6.07, 6.45) is 0. The van der Waals surface area contributed by atoms with Gasteiger partial charge >= 0.3 is 0 Å². The van der Waals surface area contributed by atoms with E-state index in [0.29, 0.717) is 12.1 Å². The van der Waals surface area contributed by atoms with Crippen molar-refractivity contribution in [1.82, 2.24) is 4.98 Å². The Balaban J connectivity index is 2.29. The fourth-order valence-electron chi connectivity index (χ4n) is 2.02. The maximum Gasteiger partial charge on any atom is 0.170 e. The molecule has 0 aliphatic carbocycles. The predicted octanol–water partition coefficient (Wildman–Crippen LogP) is 2.88. The number of anilines is 1. The number of amidine groups is 1. The maximum atomic E-state index is 8.80. The molecular weight excluding hydrogens is 332 g/mol.